The van der Waals surface area contributed by atoms with Gasteiger partial charge in [0.2, 0.25) is 0 Å². The lowest BCUT2D eigenvalue weighted by atomic mass is 9.78. The molecule has 8 saturated heterocycles. The molecule has 0 spiro atoms. The van der Waals surface area contributed by atoms with Gasteiger partial charge in [0.05, 0.1) is 51.8 Å². The smallest absolute Gasteiger partial charge is 0.494 e. The quantitative estimate of drug-likeness (QED) is 0.0171. The highest BCUT2D eigenvalue weighted by atomic mass is 28.4. The zero-order chi connectivity index (χ0) is 95.6. The molecule has 0 bridgehead atoms. The van der Waals surface area contributed by atoms with E-state index in [1.54, 1.807) is 24.3 Å². The predicted octanol–water partition coefficient (Wildman–Crippen LogP) is 28.7. The van der Waals surface area contributed by atoms with E-state index in [0.29, 0.717) is 86.2 Å². The SMILES string of the molecule is CC1CCCC[Si](C)(CCCOC(=O)OCCOCCOC(=O)OCCC[Si]2(C)CCCCC(C)O2)O1.CC1CCCC[Si](C)(CCCOC(=O)c2cccc(C(=O)CCC[Si]3(C)CCCCC(C)O3)c2)O1.CC1CCCC[Si](C)(CCCOc2ccc(C(C)(C)c3ccc(OCCC[Si]4(C)CCCCC(C)O4)cc3)cc2)O1.CC1CCCC[Si](C)(C[Si]2(C)CCCCC(C)O2)O1. The molecule has 0 amide bonds. The van der Waals surface area contributed by atoms with Gasteiger partial charge in [-0.1, -0.05) is 153 Å². The molecule has 8 heterocycles. The molecular formula is C104H184O20Si8. The number of hydrogen-bond acceptors (Lipinski definition) is 20. The number of esters is 1. The first kappa shape index (κ1) is 114. The molecule has 3 aromatic carbocycles. The molecule has 0 aliphatic carbocycles. The standard InChI is InChI=1S/C35H56O4Si2.C28H46O5Si2.C26H50O9Si2.C15H32O2Si2/c1-29-13-7-9-25-40(5,38-29)27-11-23-36-33-19-15-31(16-20-33)35(3,4)32-17-21-34(22-18-32)37-24-12-28-41(6)26-10-8-14-30(2)39-41;1-23-12-5-7-18-34(3,32-23)20-10-16-27(29)25-14-9-15-26(22-25)28(30)31-17-11-21-35(4)19-8-6-13-24(2)33-35;1-23-11-5-7-19-36(3,34-23)21-9-13-30-25(27)32-17-15-29-16-18-33-26(28)31-14-10-22-37(4)20-8-6-12-24(2)35-37;1-14-9-5-7-11-18(3,16-14)13-19(4)12-8-6-10-15(2)17-19/h15-22,29-30H,7-14,23-28H2,1-6H3;9,14-15,22-24H,5-8,10-13,16-21H2,1-4H3;23-24H,5-22H2,1-4H3;14-15H,5-13H2,1-4H3. The van der Waals surface area contributed by atoms with Crippen molar-refractivity contribution >= 4 is 90.6 Å². The van der Waals surface area contributed by atoms with Crippen molar-refractivity contribution < 1.29 is 92.5 Å². The van der Waals surface area contributed by atoms with Gasteiger partial charge in [-0.15, -0.1) is 0 Å². The van der Waals surface area contributed by atoms with E-state index in [4.69, 9.17) is 73.3 Å². The van der Waals surface area contributed by atoms with E-state index in [2.05, 4.69) is 170 Å². The molecule has 752 valence electrons. The minimum Gasteiger partial charge on any atom is -0.494 e. The van der Waals surface area contributed by atoms with Crippen LogP contribution in [0.5, 0.6) is 11.5 Å². The topological polar surface area (TPSA) is 216 Å². The third-order valence-corrected chi connectivity index (χ3v) is 62.7. The Morgan fingerprint density at radius 2 is 0.561 bits per heavy atom. The highest BCUT2D eigenvalue weighted by molar-refractivity contribution is 6.91. The number of benzene rings is 3. The summed E-state index contributed by atoms with van der Waals surface area (Å²) in [6, 6.07) is 40.8. The largest absolute Gasteiger partial charge is 0.508 e. The van der Waals surface area contributed by atoms with Crippen LogP contribution in [0.4, 0.5) is 9.59 Å². The molecule has 0 N–H and O–H groups in total. The monoisotopic (exact) mass is 1980 g/mol. The Hall–Kier alpha value is -3.68. The molecule has 3 aromatic rings. The molecule has 20 nitrogen and oxygen atoms in total. The van der Waals surface area contributed by atoms with Crippen molar-refractivity contribution in [2.24, 2.45) is 0 Å². The summed E-state index contributed by atoms with van der Waals surface area (Å²) in [5, 5.41) is 0. The number of hydrogen-bond donors (Lipinski definition) is 0. The van der Waals surface area contributed by atoms with Crippen molar-refractivity contribution in [3.8, 4) is 11.5 Å². The summed E-state index contributed by atoms with van der Waals surface area (Å²) in [6.07, 6.45) is 38.0. The van der Waals surface area contributed by atoms with Crippen molar-refractivity contribution in [3.05, 3.63) is 95.1 Å². The minimum absolute atomic E-state index is 0.0831. The van der Waals surface area contributed by atoms with Crippen molar-refractivity contribution in [1.29, 1.82) is 0 Å². The molecule has 0 saturated carbocycles. The first-order valence-corrected chi connectivity index (χ1v) is 75.3. The number of carbonyl (C=O) groups excluding carboxylic acids is 4. The van der Waals surface area contributed by atoms with Gasteiger partial charge in [0, 0.05) is 66.2 Å². The Labute approximate surface area is 808 Å². The molecule has 8 aliphatic heterocycles. The number of Topliss-reactive ketones (excluding diaryl/α,β-unsaturated/α-hetero) is 1. The Morgan fingerprint density at radius 1 is 0.303 bits per heavy atom. The van der Waals surface area contributed by atoms with Crippen LogP contribution in [-0.2, 0) is 69.2 Å². The van der Waals surface area contributed by atoms with E-state index < -0.39 is 78.8 Å². The van der Waals surface area contributed by atoms with E-state index in [1.807, 2.05) is 0 Å². The lowest BCUT2D eigenvalue weighted by Gasteiger charge is -2.37. The second kappa shape index (κ2) is 57.9. The van der Waals surface area contributed by atoms with Crippen molar-refractivity contribution in [2.75, 3.05) is 59.5 Å². The molecule has 132 heavy (non-hydrogen) atoms. The summed E-state index contributed by atoms with van der Waals surface area (Å²) < 4.78 is 94.9. The Morgan fingerprint density at radius 3 is 0.871 bits per heavy atom. The number of ether oxygens (including phenoxy) is 8. The maximum atomic E-state index is 12.8. The van der Waals surface area contributed by atoms with E-state index in [9.17, 15) is 19.2 Å². The van der Waals surface area contributed by atoms with Crippen LogP contribution in [0.15, 0.2) is 72.8 Å². The summed E-state index contributed by atoms with van der Waals surface area (Å²) in [4.78, 5) is 48.9. The van der Waals surface area contributed by atoms with Crippen LogP contribution in [0.25, 0.3) is 0 Å². The van der Waals surface area contributed by atoms with Crippen LogP contribution in [0, 0.1) is 0 Å². The lowest BCUT2D eigenvalue weighted by molar-refractivity contribution is 0.00605. The predicted molar refractivity (Wildman–Crippen MR) is 555 cm³/mol. The number of rotatable bonds is 38. The molecule has 16 atom stereocenters. The molecule has 28 heteroatoms. The maximum absolute atomic E-state index is 12.8. The average Bonchev–Trinajstić information content (AvgIpc) is 1.72. The van der Waals surface area contributed by atoms with Crippen LogP contribution in [0.3, 0.4) is 0 Å². The fourth-order valence-electron chi connectivity index (χ4n) is 21.8. The first-order valence-electron chi connectivity index (χ1n) is 52.7. The van der Waals surface area contributed by atoms with Crippen molar-refractivity contribution in [1.82, 2.24) is 0 Å². The van der Waals surface area contributed by atoms with Crippen LogP contribution in [0.1, 0.15) is 300 Å². The van der Waals surface area contributed by atoms with Crippen LogP contribution in [-0.4, -0.2) is 199 Å². The van der Waals surface area contributed by atoms with Crippen LogP contribution < -0.4 is 9.47 Å². The fourth-order valence-corrected chi connectivity index (χ4v) is 55.5. The zero-order valence-electron chi connectivity index (χ0n) is 86.1. The van der Waals surface area contributed by atoms with E-state index in [-0.39, 0.29) is 43.6 Å². The molecule has 0 radical (unpaired) electrons. The summed E-state index contributed by atoms with van der Waals surface area (Å²) in [7, 11) is -13.0. The highest BCUT2D eigenvalue weighted by Crippen LogP contribution is 2.41. The summed E-state index contributed by atoms with van der Waals surface area (Å²) in [6.45, 7) is 44.4. The average molecular weight is 1980 g/mol. The van der Waals surface area contributed by atoms with Gasteiger partial charge in [-0.25, -0.2) is 14.4 Å². The lowest BCUT2D eigenvalue weighted by Crippen LogP contribution is -2.49. The normalized spacial score (nSPS) is 31.0. The van der Waals surface area contributed by atoms with Gasteiger partial charge in [-0.2, -0.15) is 0 Å². The van der Waals surface area contributed by atoms with Gasteiger partial charge in [0.1, 0.15) is 24.7 Å². The van der Waals surface area contributed by atoms with Crippen LogP contribution >= 0.6 is 0 Å². The second-order valence-corrected chi connectivity index (χ2v) is 77.1. The summed E-state index contributed by atoms with van der Waals surface area (Å²) in [5.41, 5.74) is 4.86. The highest BCUT2D eigenvalue weighted by Gasteiger charge is 2.45. The molecule has 0 aromatic heterocycles. The molecular weight excluding hydrogens is 1790 g/mol. The summed E-state index contributed by atoms with van der Waals surface area (Å²) >= 11 is 0. The van der Waals surface area contributed by atoms with Gasteiger partial charge < -0.3 is 73.3 Å². The Bertz CT molecular complexity index is 3620. The number of carbonyl (C=O) groups is 4. The van der Waals surface area contributed by atoms with E-state index >= 15 is 0 Å². The third kappa shape index (κ3) is 43.6. The Balaban J connectivity index is 0.000000223. The molecule has 8 aliphatic rings. The molecule has 16 unspecified atom stereocenters. The third-order valence-electron chi connectivity index (χ3n) is 29.2. The van der Waals surface area contributed by atoms with E-state index in [0.717, 1.165) is 113 Å². The second-order valence-electron chi connectivity index (χ2n) is 43.6. The molecule has 8 fully saturated rings. The van der Waals surface area contributed by atoms with Gasteiger partial charge in [-0.3, -0.25) is 4.79 Å². The molecule has 11 rings (SSSR count). The first-order chi connectivity index (χ1) is 62.9. The van der Waals surface area contributed by atoms with E-state index in [1.165, 1.54) is 206 Å². The van der Waals surface area contributed by atoms with Crippen molar-refractivity contribution in [3.63, 3.8) is 0 Å². The fraction of sp³-hybridized carbons (Fsp3) is 0.788. The minimum atomic E-state index is -1.72. The maximum Gasteiger partial charge on any atom is 0.508 e. The van der Waals surface area contributed by atoms with Crippen LogP contribution in [0.2, 0.25) is 143 Å². The Kier molecular flexibility index (Phi) is 49.8. The van der Waals surface area contributed by atoms with Crippen molar-refractivity contribution in [2.45, 2.75) is 465 Å². The van der Waals surface area contributed by atoms with Gasteiger partial charge in [0.25, 0.3) is 0 Å². The zero-order valence-corrected chi connectivity index (χ0v) is 94.1. The van der Waals surface area contributed by atoms with Gasteiger partial charge in [0.15, 0.2) is 72.3 Å². The number of ketones is 1. The van der Waals surface area contributed by atoms with Gasteiger partial charge in [-0.05, 0) is 335 Å². The van der Waals surface area contributed by atoms with Gasteiger partial charge >= 0.3 is 18.3 Å². The summed E-state index contributed by atoms with van der Waals surface area (Å²) in [5.74, 6) is 1.66.